The standard InChI is InChI=1S/C20H22N4O4/c1-20(11-10-14-6-4-3-5-7-14)18(26)24(19(27)23-20)13-16(25)22-15-8-9-17(28-2)21-12-15/h3-9,12H,10-11,13H2,1-2H3,(H,22,25)(H,23,27). The molecule has 8 heteroatoms. The quantitative estimate of drug-likeness (QED) is 0.713. The van der Waals surface area contributed by atoms with Crippen LogP contribution in [0.1, 0.15) is 18.9 Å². The third kappa shape index (κ3) is 4.28. The number of urea groups is 1. The lowest BCUT2D eigenvalue weighted by atomic mass is 9.93. The van der Waals surface area contributed by atoms with Crippen molar-refractivity contribution in [1.82, 2.24) is 15.2 Å². The van der Waals surface area contributed by atoms with Gasteiger partial charge < -0.3 is 15.4 Å². The van der Waals surface area contributed by atoms with Crippen LogP contribution in [0.25, 0.3) is 0 Å². The van der Waals surface area contributed by atoms with E-state index in [2.05, 4.69) is 15.6 Å². The molecule has 8 nitrogen and oxygen atoms in total. The summed E-state index contributed by atoms with van der Waals surface area (Å²) >= 11 is 0. The van der Waals surface area contributed by atoms with Crippen molar-refractivity contribution in [3.8, 4) is 5.88 Å². The minimum Gasteiger partial charge on any atom is -0.481 e. The van der Waals surface area contributed by atoms with Crippen LogP contribution in [-0.2, 0) is 16.0 Å². The lowest BCUT2D eigenvalue weighted by molar-refractivity contribution is -0.133. The highest BCUT2D eigenvalue weighted by molar-refractivity contribution is 6.09. The molecule has 0 aliphatic carbocycles. The normalized spacial score (nSPS) is 18.7. The number of rotatable bonds is 7. The van der Waals surface area contributed by atoms with Crippen LogP contribution in [0.3, 0.4) is 0 Å². The number of nitrogens with zero attached hydrogens (tertiary/aromatic N) is 2. The first kappa shape index (κ1) is 19.3. The highest BCUT2D eigenvalue weighted by Crippen LogP contribution is 2.23. The second kappa shape index (κ2) is 8.08. The Balaban J connectivity index is 1.59. The Labute approximate surface area is 162 Å². The van der Waals surface area contributed by atoms with Gasteiger partial charge in [0.25, 0.3) is 5.91 Å². The fourth-order valence-electron chi connectivity index (χ4n) is 3.02. The molecule has 1 atom stereocenters. The lowest BCUT2D eigenvalue weighted by Crippen LogP contribution is -2.45. The van der Waals surface area contributed by atoms with Crippen LogP contribution in [0, 0.1) is 0 Å². The Morgan fingerprint density at radius 1 is 1.21 bits per heavy atom. The minimum absolute atomic E-state index is 0.363. The zero-order valence-corrected chi connectivity index (χ0v) is 15.8. The van der Waals surface area contributed by atoms with Crippen molar-refractivity contribution in [1.29, 1.82) is 0 Å². The predicted molar refractivity (Wildman–Crippen MR) is 103 cm³/mol. The zero-order chi connectivity index (χ0) is 20.1. The topological polar surface area (TPSA) is 101 Å². The van der Waals surface area contributed by atoms with E-state index < -0.39 is 23.4 Å². The second-order valence-electron chi connectivity index (χ2n) is 6.78. The van der Waals surface area contributed by atoms with Crippen molar-refractivity contribution in [2.24, 2.45) is 0 Å². The fraction of sp³-hybridized carbons (Fsp3) is 0.300. The molecule has 1 fully saturated rings. The Bertz CT molecular complexity index is 870. The van der Waals surface area contributed by atoms with Crippen LogP contribution in [0.2, 0.25) is 0 Å². The maximum Gasteiger partial charge on any atom is 0.325 e. The molecule has 1 aromatic carbocycles. The van der Waals surface area contributed by atoms with Crippen LogP contribution in [0.15, 0.2) is 48.7 Å². The van der Waals surface area contributed by atoms with Crippen LogP contribution in [-0.4, -0.2) is 46.9 Å². The number of methoxy groups -OCH3 is 1. The van der Waals surface area contributed by atoms with Crippen molar-refractivity contribution in [3.05, 3.63) is 54.2 Å². The van der Waals surface area contributed by atoms with Crippen molar-refractivity contribution in [2.75, 3.05) is 19.0 Å². The largest absolute Gasteiger partial charge is 0.481 e. The van der Waals surface area contributed by atoms with Gasteiger partial charge in [0.15, 0.2) is 0 Å². The number of aromatic nitrogens is 1. The summed E-state index contributed by atoms with van der Waals surface area (Å²) in [5.74, 6) is -0.472. The number of carbonyl (C=O) groups excluding carboxylic acids is 3. The molecule has 0 saturated carbocycles. The molecule has 0 spiro atoms. The number of hydrogen-bond donors (Lipinski definition) is 2. The molecule has 1 saturated heterocycles. The van der Waals surface area contributed by atoms with Gasteiger partial charge in [-0.1, -0.05) is 30.3 Å². The van der Waals surface area contributed by atoms with Gasteiger partial charge in [0.1, 0.15) is 12.1 Å². The number of imide groups is 1. The molecule has 146 valence electrons. The van der Waals surface area contributed by atoms with Crippen molar-refractivity contribution in [2.45, 2.75) is 25.3 Å². The van der Waals surface area contributed by atoms with Crippen molar-refractivity contribution < 1.29 is 19.1 Å². The lowest BCUT2D eigenvalue weighted by Gasteiger charge is -2.21. The first-order valence-electron chi connectivity index (χ1n) is 8.89. The van der Waals surface area contributed by atoms with Gasteiger partial charge >= 0.3 is 6.03 Å². The van der Waals surface area contributed by atoms with Gasteiger partial charge in [0.2, 0.25) is 11.8 Å². The minimum atomic E-state index is -1.03. The number of pyridine rings is 1. The summed E-state index contributed by atoms with van der Waals surface area (Å²) in [6.45, 7) is 1.32. The molecule has 28 heavy (non-hydrogen) atoms. The monoisotopic (exact) mass is 382 g/mol. The molecule has 1 unspecified atom stereocenters. The Morgan fingerprint density at radius 3 is 2.61 bits per heavy atom. The smallest absolute Gasteiger partial charge is 0.325 e. The van der Waals surface area contributed by atoms with E-state index in [-0.39, 0.29) is 6.54 Å². The third-order valence-corrected chi connectivity index (χ3v) is 4.63. The average Bonchev–Trinajstić information content (AvgIpc) is 2.91. The number of ether oxygens (including phenoxy) is 1. The number of carbonyl (C=O) groups is 3. The molecule has 2 heterocycles. The summed E-state index contributed by atoms with van der Waals surface area (Å²) in [6.07, 6.45) is 2.52. The SMILES string of the molecule is COc1ccc(NC(=O)CN2C(=O)NC(C)(CCc3ccccc3)C2=O)cn1. The van der Waals surface area contributed by atoms with Gasteiger partial charge in [-0.2, -0.15) is 0 Å². The summed E-state index contributed by atoms with van der Waals surface area (Å²) in [5.41, 5.74) is 0.494. The summed E-state index contributed by atoms with van der Waals surface area (Å²) in [7, 11) is 1.49. The molecular formula is C20H22N4O4. The number of benzene rings is 1. The summed E-state index contributed by atoms with van der Waals surface area (Å²) in [5, 5.41) is 5.33. The molecule has 1 aliphatic rings. The number of anilines is 1. The fourth-order valence-corrected chi connectivity index (χ4v) is 3.02. The Kier molecular flexibility index (Phi) is 5.58. The molecule has 2 N–H and O–H groups in total. The summed E-state index contributed by atoms with van der Waals surface area (Å²) < 4.78 is 4.96. The van der Waals surface area contributed by atoms with E-state index in [0.717, 1.165) is 10.5 Å². The van der Waals surface area contributed by atoms with Crippen LogP contribution in [0.5, 0.6) is 5.88 Å². The summed E-state index contributed by atoms with van der Waals surface area (Å²) in [6, 6.07) is 12.4. The van der Waals surface area contributed by atoms with E-state index in [1.54, 1.807) is 19.1 Å². The molecular weight excluding hydrogens is 360 g/mol. The first-order valence-corrected chi connectivity index (χ1v) is 8.89. The van der Waals surface area contributed by atoms with E-state index in [0.29, 0.717) is 24.4 Å². The number of nitrogens with one attached hydrogen (secondary N) is 2. The molecule has 1 aromatic heterocycles. The maximum atomic E-state index is 12.8. The summed E-state index contributed by atoms with van der Waals surface area (Å²) in [4.78, 5) is 42.2. The molecule has 0 radical (unpaired) electrons. The van der Waals surface area contributed by atoms with E-state index >= 15 is 0 Å². The Morgan fingerprint density at radius 2 is 1.96 bits per heavy atom. The van der Waals surface area contributed by atoms with E-state index in [9.17, 15) is 14.4 Å². The zero-order valence-electron chi connectivity index (χ0n) is 15.8. The van der Waals surface area contributed by atoms with Crippen molar-refractivity contribution in [3.63, 3.8) is 0 Å². The molecule has 2 aromatic rings. The second-order valence-corrected chi connectivity index (χ2v) is 6.78. The van der Waals surface area contributed by atoms with Gasteiger partial charge in [0.05, 0.1) is 19.0 Å². The van der Waals surface area contributed by atoms with E-state index in [4.69, 9.17) is 4.74 Å². The van der Waals surface area contributed by atoms with Gasteiger partial charge in [0, 0.05) is 6.07 Å². The first-order chi connectivity index (χ1) is 13.4. The van der Waals surface area contributed by atoms with Crippen molar-refractivity contribution >= 4 is 23.5 Å². The number of amides is 4. The molecule has 0 bridgehead atoms. The maximum absolute atomic E-state index is 12.8. The van der Waals surface area contributed by atoms with E-state index in [1.165, 1.54) is 13.3 Å². The van der Waals surface area contributed by atoms with Gasteiger partial charge in [-0.25, -0.2) is 9.78 Å². The van der Waals surface area contributed by atoms with Gasteiger partial charge in [-0.15, -0.1) is 0 Å². The predicted octanol–water partition coefficient (Wildman–Crippen LogP) is 1.97. The van der Waals surface area contributed by atoms with Gasteiger partial charge in [-0.3, -0.25) is 14.5 Å². The number of hydrogen-bond acceptors (Lipinski definition) is 5. The van der Waals surface area contributed by atoms with E-state index in [1.807, 2.05) is 30.3 Å². The number of aryl methyl sites for hydroxylation is 1. The molecule has 4 amide bonds. The highest BCUT2D eigenvalue weighted by atomic mass is 16.5. The molecule has 3 rings (SSSR count). The van der Waals surface area contributed by atoms with Crippen LogP contribution < -0.4 is 15.4 Å². The van der Waals surface area contributed by atoms with Gasteiger partial charge in [-0.05, 0) is 31.4 Å². The Hall–Kier alpha value is -3.42. The third-order valence-electron chi connectivity index (χ3n) is 4.63. The van der Waals surface area contributed by atoms with Crippen LogP contribution in [0.4, 0.5) is 10.5 Å². The highest BCUT2D eigenvalue weighted by Gasteiger charge is 2.47. The molecule has 1 aliphatic heterocycles. The van der Waals surface area contributed by atoms with Crippen LogP contribution >= 0.6 is 0 Å². The average molecular weight is 382 g/mol.